The minimum Gasteiger partial charge on any atom is -0.383 e. The summed E-state index contributed by atoms with van der Waals surface area (Å²) in [6.07, 6.45) is 5.94. The van der Waals surface area contributed by atoms with E-state index in [1.807, 2.05) is 6.07 Å². The third kappa shape index (κ3) is 5.24. The molecule has 2 nitrogen and oxygen atoms in total. The quantitative estimate of drug-likeness (QED) is 0.731. The van der Waals surface area contributed by atoms with Gasteiger partial charge in [-0.2, -0.15) is 0 Å². The maximum atomic E-state index is 14.0. The van der Waals surface area contributed by atoms with Gasteiger partial charge < -0.3 is 10.1 Å². The van der Waals surface area contributed by atoms with Gasteiger partial charge in [-0.05, 0) is 42.5 Å². The van der Waals surface area contributed by atoms with Crippen LogP contribution in [0.15, 0.2) is 18.2 Å². The molecule has 0 bridgehead atoms. The summed E-state index contributed by atoms with van der Waals surface area (Å²) in [6, 6.07) is 5.03. The molecule has 1 unspecified atom stereocenters. The molecular formula is C17H25ClFNO. The largest absolute Gasteiger partial charge is 0.383 e. The molecule has 0 aliphatic heterocycles. The number of nitrogens with one attached hydrogen (secondary N) is 1. The van der Waals surface area contributed by atoms with E-state index in [1.165, 1.54) is 31.7 Å². The third-order valence-corrected chi connectivity index (χ3v) is 4.69. The van der Waals surface area contributed by atoms with Gasteiger partial charge in [0.05, 0.1) is 6.61 Å². The average Bonchev–Trinajstić information content (AvgIpc) is 2.98. The molecule has 0 radical (unpaired) electrons. The van der Waals surface area contributed by atoms with E-state index in [9.17, 15) is 4.39 Å². The van der Waals surface area contributed by atoms with E-state index in [4.69, 9.17) is 16.3 Å². The highest BCUT2D eigenvalue weighted by atomic mass is 35.5. The first-order valence-corrected chi connectivity index (χ1v) is 8.22. The predicted molar refractivity (Wildman–Crippen MR) is 85.3 cm³/mol. The van der Waals surface area contributed by atoms with Crippen molar-refractivity contribution in [1.82, 2.24) is 5.32 Å². The molecule has 21 heavy (non-hydrogen) atoms. The van der Waals surface area contributed by atoms with Gasteiger partial charge in [-0.3, -0.25) is 0 Å². The Morgan fingerprint density at radius 1 is 1.38 bits per heavy atom. The van der Waals surface area contributed by atoms with Crippen LogP contribution in [0, 0.1) is 17.7 Å². The Hall–Kier alpha value is -0.640. The third-order valence-electron chi connectivity index (χ3n) is 4.45. The van der Waals surface area contributed by atoms with Crippen LogP contribution in [-0.4, -0.2) is 26.8 Å². The fourth-order valence-electron chi connectivity index (χ4n) is 3.27. The second-order valence-electron chi connectivity index (χ2n) is 5.94. The maximum absolute atomic E-state index is 14.0. The Bertz CT molecular complexity index is 435. The number of methoxy groups -OCH3 is 1. The van der Waals surface area contributed by atoms with Crippen LogP contribution in [0.5, 0.6) is 0 Å². The lowest BCUT2D eigenvalue weighted by Gasteiger charge is -2.24. The molecule has 1 aliphatic carbocycles. The highest BCUT2D eigenvalue weighted by molar-refractivity contribution is 6.30. The van der Waals surface area contributed by atoms with Gasteiger partial charge in [0.15, 0.2) is 0 Å². The van der Waals surface area contributed by atoms with Crippen LogP contribution in [0.4, 0.5) is 4.39 Å². The predicted octanol–water partition coefficient (Wildman–Crippen LogP) is 4.06. The molecule has 1 saturated carbocycles. The summed E-state index contributed by atoms with van der Waals surface area (Å²) in [6.45, 7) is 2.49. The van der Waals surface area contributed by atoms with Gasteiger partial charge in [-0.25, -0.2) is 4.39 Å². The molecule has 0 spiro atoms. The lowest BCUT2D eigenvalue weighted by Crippen LogP contribution is -2.31. The smallest absolute Gasteiger partial charge is 0.127 e. The monoisotopic (exact) mass is 313 g/mol. The van der Waals surface area contributed by atoms with Crippen LogP contribution >= 0.6 is 11.6 Å². The second-order valence-corrected chi connectivity index (χ2v) is 6.38. The Labute approximate surface area is 132 Å². The summed E-state index contributed by atoms with van der Waals surface area (Å²) in [5, 5.41) is 3.91. The van der Waals surface area contributed by atoms with Crippen LogP contribution in [0.3, 0.4) is 0 Å². The molecule has 1 aliphatic rings. The van der Waals surface area contributed by atoms with Crippen LogP contribution in [0.25, 0.3) is 0 Å². The number of benzene rings is 1. The standard InChI is InChI=1S/C17H25ClFNO/c1-21-9-8-20-12-15(13-4-2-3-5-13)10-14-6-7-16(18)11-17(14)19/h6-7,11,13,15,20H,2-5,8-10,12H2,1H3. The van der Waals surface area contributed by atoms with E-state index in [-0.39, 0.29) is 5.82 Å². The normalized spacial score (nSPS) is 17.3. The lowest BCUT2D eigenvalue weighted by atomic mass is 9.85. The molecule has 1 N–H and O–H groups in total. The zero-order valence-electron chi connectivity index (χ0n) is 12.7. The van der Waals surface area contributed by atoms with Crippen molar-refractivity contribution in [3.05, 3.63) is 34.6 Å². The first kappa shape index (κ1) is 16.7. The van der Waals surface area contributed by atoms with Gasteiger partial charge in [0.2, 0.25) is 0 Å². The summed E-state index contributed by atoms with van der Waals surface area (Å²) >= 11 is 5.83. The van der Waals surface area contributed by atoms with Gasteiger partial charge in [0, 0.05) is 18.7 Å². The number of ether oxygens (including phenoxy) is 1. The molecule has 118 valence electrons. The molecule has 2 rings (SSSR count). The van der Waals surface area contributed by atoms with Gasteiger partial charge in [0.1, 0.15) is 5.82 Å². The van der Waals surface area contributed by atoms with Crippen LogP contribution in [-0.2, 0) is 11.2 Å². The number of hydrogen-bond donors (Lipinski definition) is 1. The van der Waals surface area contributed by atoms with E-state index in [0.29, 0.717) is 23.5 Å². The summed E-state index contributed by atoms with van der Waals surface area (Å²) in [7, 11) is 1.71. The fourth-order valence-corrected chi connectivity index (χ4v) is 3.42. The molecule has 1 aromatic rings. The molecule has 0 saturated heterocycles. The average molecular weight is 314 g/mol. The summed E-state index contributed by atoms with van der Waals surface area (Å²) in [5.74, 6) is 1.01. The number of hydrogen-bond acceptors (Lipinski definition) is 2. The zero-order chi connectivity index (χ0) is 15.1. The Kier molecular flexibility index (Phi) is 6.94. The first-order valence-electron chi connectivity index (χ1n) is 7.84. The Balaban J connectivity index is 1.96. The van der Waals surface area contributed by atoms with Crippen molar-refractivity contribution < 1.29 is 9.13 Å². The zero-order valence-corrected chi connectivity index (χ0v) is 13.5. The van der Waals surface area contributed by atoms with E-state index in [1.54, 1.807) is 13.2 Å². The Morgan fingerprint density at radius 2 is 2.14 bits per heavy atom. The Morgan fingerprint density at radius 3 is 2.81 bits per heavy atom. The second kappa shape index (κ2) is 8.72. The van der Waals surface area contributed by atoms with Gasteiger partial charge in [-0.15, -0.1) is 0 Å². The van der Waals surface area contributed by atoms with Crippen LogP contribution < -0.4 is 5.32 Å². The highest BCUT2D eigenvalue weighted by Gasteiger charge is 2.25. The first-order chi connectivity index (χ1) is 10.2. The van der Waals surface area contributed by atoms with Crippen LogP contribution in [0.1, 0.15) is 31.2 Å². The van der Waals surface area contributed by atoms with Crippen molar-refractivity contribution in [3.8, 4) is 0 Å². The molecule has 1 aromatic carbocycles. The summed E-state index contributed by atoms with van der Waals surface area (Å²) in [4.78, 5) is 0. The van der Waals surface area contributed by atoms with E-state index in [0.717, 1.165) is 25.1 Å². The minimum atomic E-state index is -0.178. The van der Waals surface area contributed by atoms with Crippen molar-refractivity contribution in [2.45, 2.75) is 32.1 Å². The molecule has 0 amide bonds. The summed E-state index contributed by atoms with van der Waals surface area (Å²) < 4.78 is 19.1. The van der Waals surface area contributed by atoms with Gasteiger partial charge >= 0.3 is 0 Å². The maximum Gasteiger partial charge on any atom is 0.127 e. The van der Waals surface area contributed by atoms with Crippen LogP contribution in [0.2, 0.25) is 5.02 Å². The van der Waals surface area contributed by atoms with E-state index in [2.05, 4.69) is 5.32 Å². The molecule has 0 aromatic heterocycles. The van der Waals surface area contributed by atoms with E-state index >= 15 is 0 Å². The molecular weight excluding hydrogens is 289 g/mol. The summed E-state index contributed by atoms with van der Waals surface area (Å²) in [5.41, 5.74) is 0.782. The lowest BCUT2D eigenvalue weighted by molar-refractivity contribution is 0.195. The molecule has 4 heteroatoms. The molecule has 1 fully saturated rings. The van der Waals surface area contributed by atoms with Gasteiger partial charge in [-0.1, -0.05) is 43.4 Å². The van der Waals surface area contributed by atoms with Crippen molar-refractivity contribution in [1.29, 1.82) is 0 Å². The van der Waals surface area contributed by atoms with Crippen molar-refractivity contribution >= 4 is 11.6 Å². The number of rotatable bonds is 8. The van der Waals surface area contributed by atoms with Gasteiger partial charge in [0.25, 0.3) is 0 Å². The topological polar surface area (TPSA) is 21.3 Å². The molecule has 0 heterocycles. The van der Waals surface area contributed by atoms with E-state index < -0.39 is 0 Å². The SMILES string of the molecule is COCCNCC(Cc1ccc(Cl)cc1F)C1CCCC1. The molecule has 1 atom stereocenters. The number of halogens is 2. The van der Waals surface area contributed by atoms with Crippen molar-refractivity contribution in [2.75, 3.05) is 26.8 Å². The van der Waals surface area contributed by atoms with Crippen molar-refractivity contribution in [3.63, 3.8) is 0 Å². The van der Waals surface area contributed by atoms with Crippen molar-refractivity contribution in [2.24, 2.45) is 11.8 Å². The fraction of sp³-hybridized carbons (Fsp3) is 0.647. The minimum absolute atomic E-state index is 0.178. The highest BCUT2D eigenvalue weighted by Crippen LogP contribution is 2.33.